The number of rotatable bonds is 8. The minimum absolute atomic E-state index is 0.0694. The van der Waals surface area contributed by atoms with E-state index >= 15 is 0 Å². The molecule has 2 amide bonds. The number of hydrogen-bond acceptors (Lipinski definition) is 5. The Hall–Kier alpha value is -2.48. The van der Waals surface area contributed by atoms with E-state index in [4.69, 9.17) is 4.74 Å². The minimum atomic E-state index is -0.637. The molecule has 2 heterocycles. The van der Waals surface area contributed by atoms with E-state index in [9.17, 15) is 14.0 Å². The van der Waals surface area contributed by atoms with E-state index in [0.29, 0.717) is 37.0 Å². The smallest absolute Gasteiger partial charge is 0.220 e. The molecule has 1 saturated heterocycles. The quantitative estimate of drug-likeness (QED) is 0.687. The molecule has 0 radical (unpaired) electrons. The van der Waals surface area contributed by atoms with Crippen molar-refractivity contribution >= 4 is 23.2 Å². The third-order valence-electron chi connectivity index (χ3n) is 5.31. The summed E-state index contributed by atoms with van der Waals surface area (Å²) in [5, 5.41) is 8.83. The highest BCUT2D eigenvalue weighted by Gasteiger charge is 2.38. The third-order valence-corrected chi connectivity index (χ3v) is 6.10. The second kappa shape index (κ2) is 8.90. The number of carbonyl (C=O) groups excluding carboxylic acids is 2. The van der Waals surface area contributed by atoms with Crippen LogP contribution in [0.4, 0.5) is 4.39 Å². The van der Waals surface area contributed by atoms with Crippen molar-refractivity contribution in [2.75, 3.05) is 7.11 Å². The first kappa shape index (κ1) is 21.2. The number of benzene rings is 1. The molecule has 3 rings (SSSR count). The number of nitrogens with zero attached hydrogens (tertiary/aromatic N) is 1. The van der Waals surface area contributed by atoms with Gasteiger partial charge in [-0.15, -0.1) is 11.3 Å². The Bertz CT molecular complexity index is 901. The van der Waals surface area contributed by atoms with Gasteiger partial charge in [-0.05, 0) is 56.9 Å². The van der Waals surface area contributed by atoms with Crippen LogP contribution in [-0.4, -0.2) is 29.4 Å². The molecule has 1 aromatic carbocycles. The highest BCUT2D eigenvalue weighted by Crippen LogP contribution is 2.31. The summed E-state index contributed by atoms with van der Waals surface area (Å²) < 4.78 is 19.5. The monoisotopic (exact) mass is 419 g/mol. The lowest BCUT2D eigenvalue weighted by Crippen LogP contribution is -2.45. The summed E-state index contributed by atoms with van der Waals surface area (Å²) in [6.45, 7) is 3.82. The largest absolute Gasteiger partial charge is 0.497 e. The zero-order valence-corrected chi connectivity index (χ0v) is 17.7. The molecule has 2 N–H and O–H groups in total. The lowest BCUT2D eigenvalue weighted by atomic mass is 9.84. The number of amides is 2. The summed E-state index contributed by atoms with van der Waals surface area (Å²) >= 11 is 1.54. The number of thiazole rings is 1. The fourth-order valence-electron chi connectivity index (χ4n) is 3.68. The van der Waals surface area contributed by atoms with E-state index in [1.54, 1.807) is 23.5 Å². The Kier molecular flexibility index (Phi) is 6.52. The minimum Gasteiger partial charge on any atom is -0.497 e. The van der Waals surface area contributed by atoms with Gasteiger partial charge in [-0.25, -0.2) is 9.37 Å². The highest BCUT2D eigenvalue weighted by molar-refractivity contribution is 7.09. The zero-order chi connectivity index (χ0) is 21.0. The van der Waals surface area contributed by atoms with Crippen molar-refractivity contribution in [1.29, 1.82) is 0 Å². The van der Waals surface area contributed by atoms with Crippen LogP contribution in [0.2, 0.25) is 0 Å². The summed E-state index contributed by atoms with van der Waals surface area (Å²) in [6, 6.07) is 4.39. The summed E-state index contributed by atoms with van der Waals surface area (Å²) in [4.78, 5) is 28.8. The molecule has 2 aromatic rings. The number of carbonyl (C=O) groups is 2. The van der Waals surface area contributed by atoms with Crippen LogP contribution in [0.1, 0.15) is 54.9 Å². The number of hydrogen-bond donors (Lipinski definition) is 2. The van der Waals surface area contributed by atoms with Crippen molar-refractivity contribution in [3.8, 4) is 5.75 Å². The predicted octanol–water partition coefficient (Wildman–Crippen LogP) is 3.45. The van der Waals surface area contributed by atoms with Gasteiger partial charge in [0.25, 0.3) is 0 Å². The maximum Gasteiger partial charge on any atom is 0.220 e. The molecule has 0 unspecified atom stereocenters. The van der Waals surface area contributed by atoms with Gasteiger partial charge >= 0.3 is 0 Å². The number of methoxy groups -OCH3 is 1. The van der Waals surface area contributed by atoms with Gasteiger partial charge < -0.3 is 15.4 Å². The maximum atomic E-state index is 14.3. The Labute approximate surface area is 173 Å². The van der Waals surface area contributed by atoms with Gasteiger partial charge in [-0.1, -0.05) is 0 Å². The topological polar surface area (TPSA) is 80.3 Å². The molecular weight excluding hydrogens is 393 g/mol. The normalized spacial score (nSPS) is 19.7. The van der Waals surface area contributed by atoms with Crippen LogP contribution in [0.5, 0.6) is 5.75 Å². The zero-order valence-electron chi connectivity index (χ0n) is 16.9. The Morgan fingerprint density at radius 2 is 2.28 bits per heavy atom. The standard InChI is InChI=1S/C21H26FN3O3S/c1-13(18-12-29-14(2)24-18)23-19(26)6-8-21(9-7-20(27)25-21)11-15-10-16(28-3)4-5-17(15)22/h4-5,10,12-13H,6-9,11H2,1-3H3,(H,23,26)(H,25,27)/t13-,21+/m0/s1. The van der Waals surface area contributed by atoms with E-state index in [1.807, 2.05) is 19.2 Å². The Morgan fingerprint density at radius 1 is 1.48 bits per heavy atom. The lowest BCUT2D eigenvalue weighted by molar-refractivity contribution is -0.123. The van der Waals surface area contributed by atoms with E-state index in [2.05, 4.69) is 15.6 Å². The van der Waals surface area contributed by atoms with Crippen molar-refractivity contribution in [3.63, 3.8) is 0 Å². The van der Waals surface area contributed by atoms with Crippen LogP contribution in [0.15, 0.2) is 23.6 Å². The SMILES string of the molecule is COc1ccc(F)c(C[C@@]2(CCC(=O)N[C@@H](C)c3csc(C)n3)CCC(=O)N2)c1. The molecular formula is C21H26FN3O3S. The van der Waals surface area contributed by atoms with E-state index < -0.39 is 5.54 Å². The average molecular weight is 420 g/mol. The second-order valence-corrected chi connectivity index (χ2v) is 8.61. The maximum absolute atomic E-state index is 14.3. The molecule has 0 bridgehead atoms. The van der Waals surface area contributed by atoms with Crippen LogP contribution < -0.4 is 15.4 Å². The third kappa shape index (κ3) is 5.32. The van der Waals surface area contributed by atoms with Crippen molar-refractivity contribution in [2.24, 2.45) is 0 Å². The van der Waals surface area contributed by atoms with E-state index in [0.717, 1.165) is 10.7 Å². The van der Waals surface area contributed by atoms with Crippen LogP contribution in [0.3, 0.4) is 0 Å². The average Bonchev–Trinajstić information content (AvgIpc) is 3.28. The molecule has 0 spiro atoms. The van der Waals surface area contributed by atoms with Crippen LogP contribution >= 0.6 is 11.3 Å². The van der Waals surface area contributed by atoms with Crippen molar-refractivity contribution in [3.05, 3.63) is 45.7 Å². The number of aromatic nitrogens is 1. The second-order valence-electron chi connectivity index (χ2n) is 7.54. The predicted molar refractivity (Wildman–Crippen MR) is 109 cm³/mol. The molecule has 1 aromatic heterocycles. The number of nitrogens with one attached hydrogen (secondary N) is 2. The Balaban J connectivity index is 1.66. The van der Waals surface area contributed by atoms with Gasteiger partial charge in [-0.2, -0.15) is 0 Å². The first-order valence-electron chi connectivity index (χ1n) is 9.65. The lowest BCUT2D eigenvalue weighted by Gasteiger charge is -2.30. The summed E-state index contributed by atoms with van der Waals surface area (Å²) in [5.41, 5.74) is 0.670. The molecule has 8 heteroatoms. The van der Waals surface area contributed by atoms with Crippen molar-refractivity contribution in [1.82, 2.24) is 15.6 Å². The van der Waals surface area contributed by atoms with Gasteiger partial charge in [0.15, 0.2) is 0 Å². The van der Waals surface area contributed by atoms with Gasteiger partial charge in [-0.3, -0.25) is 9.59 Å². The molecule has 1 aliphatic rings. The van der Waals surface area contributed by atoms with Gasteiger partial charge in [0.2, 0.25) is 11.8 Å². The number of aryl methyl sites for hydroxylation is 1. The highest BCUT2D eigenvalue weighted by atomic mass is 32.1. The van der Waals surface area contributed by atoms with Crippen LogP contribution in [0.25, 0.3) is 0 Å². The number of ether oxygens (including phenoxy) is 1. The summed E-state index contributed by atoms with van der Waals surface area (Å²) in [7, 11) is 1.53. The molecule has 1 fully saturated rings. The number of halogens is 1. The van der Waals surface area contributed by atoms with Gasteiger partial charge in [0, 0.05) is 23.8 Å². The van der Waals surface area contributed by atoms with Crippen molar-refractivity contribution < 1.29 is 18.7 Å². The molecule has 1 aliphatic heterocycles. The van der Waals surface area contributed by atoms with Crippen LogP contribution in [-0.2, 0) is 16.0 Å². The Morgan fingerprint density at radius 3 is 2.90 bits per heavy atom. The first-order chi connectivity index (χ1) is 13.8. The molecule has 0 saturated carbocycles. The fourth-order valence-corrected chi connectivity index (χ4v) is 4.39. The molecule has 0 aliphatic carbocycles. The molecule has 29 heavy (non-hydrogen) atoms. The molecule has 6 nitrogen and oxygen atoms in total. The van der Waals surface area contributed by atoms with Gasteiger partial charge in [0.1, 0.15) is 11.6 Å². The summed E-state index contributed by atoms with van der Waals surface area (Å²) in [5.74, 6) is 0.0316. The van der Waals surface area contributed by atoms with E-state index in [1.165, 1.54) is 13.2 Å². The summed E-state index contributed by atoms with van der Waals surface area (Å²) in [6.07, 6.45) is 1.93. The molecule has 156 valence electrons. The first-order valence-corrected chi connectivity index (χ1v) is 10.5. The van der Waals surface area contributed by atoms with Crippen LogP contribution in [0, 0.1) is 12.7 Å². The van der Waals surface area contributed by atoms with Gasteiger partial charge in [0.05, 0.1) is 23.9 Å². The van der Waals surface area contributed by atoms with Crippen molar-refractivity contribution in [2.45, 2.75) is 57.5 Å². The van der Waals surface area contributed by atoms with E-state index in [-0.39, 0.29) is 30.1 Å². The fraction of sp³-hybridized carbons (Fsp3) is 0.476. The molecule has 2 atom stereocenters.